The van der Waals surface area contributed by atoms with E-state index in [1.807, 2.05) is 6.07 Å². The van der Waals surface area contributed by atoms with Crippen LogP contribution in [0, 0.1) is 5.82 Å². The molecule has 0 saturated carbocycles. The number of halogens is 1. The molecule has 5 heteroatoms. The SMILES string of the molecule is CCN(CC)Cc1ccc(CNC(=NC)NCc2cccc(F)c2)cc1. The fourth-order valence-corrected chi connectivity index (χ4v) is 2.71. The summed E-state index contributed by atoms with van der Waals surface area (Å²) < 4.78 is 13.2. The minimum atomic E-state index is -0.225. The van der Waals surface area contributed by atoms with Gasteiger partial charge in [0.1, 0.15) is 5.82 Å². The average Bonchev–Trinajstić information content (AvgIpc) is 2.67. The number of hydrogen-bond donors (Lipinski definition) is 2. The maximum absolute atomic E-state index is 13.2. The molecule has 2 rings (SSSR count). The normalized spacial score (nSPS) is 11.7. The quantitative estimate of drug-likeness (QED) is 0.561. The van der Waals surface area contributed by atoms with Crippen molar-refractivity contribution in [1.82, 2.24) is 15.5 Å². The third kappa shape index (κ3) is 6.48. The Morgan fingerprint density at radius 2 is 1.54 bits per heavy atom. The maximum Gasteiger partial charge on any atom is 0.191 e. The van der Waals surface area contributed by atoms with Crippen molar-refractivity contribution in [3.05, 3.63) is 71.0 Å². The van der Waals surface area contributed by atoms with E-state index in [0.717, 1.165) is 25.2 Å². The van der Waals surface area contributed by atoms with Gasteiger partial charge in [-0.25, -0.2) is 4.39 Å². The number of aliphatic imine (C=N–C) groups is 1. The van der Waals surface area contributed by atoms with Gasteiger partial charge in [-0.05, 0) is 41.9 Å². The van der Waals surface area contributed by atoms with Gasteiger partial charge in [0.05, 0.1) is 0 Å². The Labute approximate surface area is 156 Å². The van der Waals surface area contributed by atoms with Gasteiger partial charge in [-0.15, -0.1) is 0 Å². The Kier molecular flexibility index (Phi) is 8.09. The molecule has 0 atom stereocenters. The first-order valence-electron chi connectivity index (χ1n) is 9.13. The van der Waals surface area contributed by atoms with Crippen LogP contribution in [0.5, 0.6) is 0 Å². The van der Waals surface area contributed by atoms with Crippen LogP contribution in [0.4, 0.5) is 4.39 Å². The zero-order valence-corrected chi connectivity index (χ0v) is 15.9. The first kappa shape index (κ1) is 19.9. The van der Waals surface area contributed by atoms with E-state index in [-0.39, 0.29) is 5.82 Å². The summed E-state index contributed by atoms with van der Waals surface area (Å²) in [6, 6.07) is 15.2. The summed E-state index contributed by atoms with van der Waals surface area (Å²) in [7, 11) is 1.73. The van der Waals surface area contributed by atoms with Gasteiger partial charge in [0.25, 0.3) is 0 Å². The predicted octanol–water partition coefficient (Wildman–Crippen LogP) is 3.53. The Morgan fingerprint density at radius 3 is 2.12 bits per heavy atom. The van der Waals surface area contributed by atoms with Crippen molar-refractivity contribution < 1.29 is 4.39 Å². The van der Waals surface area contributed by atoms with Gasteiger partial charge in [-0.3, -0.25) is 9.89 Å². The zero-order chi connectivity index (χ0) is 18.8. The maximum atomic E-state index is 13.2. The molecular formula is C21H29FN4. The molecule has 0 fully saturated rings. The monoisotopic (exact) mass is 356 g/mol. The van der Waals surface area contributed by atoms with Crippen LogP contribution in [0.1, 0.15) is 30.5 Å². The molecule has 140 valence electrons. The molecule has 0 aliphatic rings. The first-order chi connectivity index (χ1) is 12.6. The lowest BCUT2D eigenvalue weighted by molar-refractivity contribution is 0.296. The fourth-order valence-electron chi connectivity index (χ4n) is 2.71. The fraction of sp³-hybridized carbons (Fsp3) is 0.381. The van der Waals surface area contributed by atoms with E-state index in [0.29, 0.717) is 19.0 Å². The number of rotatable bonds is 8. The van der Waals surface area contributed by atoms with Crippen molar-refractivity contribution in [3.63, 3.8) is 0 Å². The van der Waals surface area contributed by atoms with E-state index >= 15 is 0 Å². The van der Waals surface area contributed by atoms with Crippen LogP contribution >= 0.6 is 0 Å². The highest BCUT2D eigenvalue weighted by molar-refractivity contribution is 5.79. The minimum Gasteiger partial charge on any atom is -0.352 e. The minimum absolute atomic E-state index is 0.225. The molecule has 0 aliphatic heterocycles. The number of nitrogens with one attached hydrogen (secondary N) is 2. The Morgan fingerprint density at radius 1 is 0.923 bits per heavy atom. The van der Waals surface area contributed by atoms with Crippen LogP contribution < -0.4 is 10.6 Å². The lowest BCUT2D eigenvalue weighted by Crippen LogP contribution is -2.36. The zero-order valence-electron chi connectivity index (χ0n) is 15.9. The standard InChI is InChI=1S/C21H29FN4/c1-4-26(5-2)16-18-11-9-17(10-12-18)14-24-21(23-3)25-15-19-7-6-8-20(22)13-19/h6-13H,4-5,14-16H2,1-3H3,(H2,23,24,25). The first-order valence-corrected chi connectivity index (χ1v) is 9.13. The molecule has 26 heavy (non-hydrogen) atoms. The van der Waals surface area contributed by atoms with Gasteiger partial charge < -0.3 is 10.6 Å². The molecule has 0 bridgehead atoms. The molecule has 0 heterocycles. The molecule has 0 aliphatic carbocycles. The second kappa shape index (κ2) is 10.6. The van der Waals surface area contributed by atoms with Crippen molar-refractivity contribution in [2.45, 2.75) is 33.5 Å². The van der Waals surface area contributed by atoms with Crippen LogP contribution in [0.2, 0.25) is 0 Å². The van der Waals surface area contributed by atoms with Gasteiger partial charge in [0.15, 0.2) is 5.96 Å². The Balaban J connectivity index is 1.82. The highest BCUT2D eigenvalue weighted by atomic mass is 19.1. The van der Waals surface area contributed by atoms with E-state index in [1.165, 1.54) is 23.3 Å². The summed E-state index contributed by atoms with van der Waals surface area (Å²) >= 11 is 0. The molecule has 0 radical (unpaired) electrons. The third-order valence-corrected chi connectivity index (χ3v) is 4.36. The van der Waals surface area contributed by atoms with Crippen molar-refractivity contribution in [2.24, 2.45) is 4.99 Å². The van der Waals surface area contributed by atoms with Gasteiger partial charge in [-0.1, -0.05) is 50.2 Å². The molecule has 0 unspecified atom stereocenters. The number of nitrogens with zero attached hydrogens (tertiary/aromatic N) is 2. The lowest BCUT2D eigenvalue weighted by Gasteiger charge is -2.18. The van der Waals surface area contributed by atoms with Gasteiger partial charge in [-0.2, -0.15) is 0 Å². The number of hydrogen-bond acceptors (Lipinski definition) is 2. The van der Waals surface area contributed by atoms with E-state index in [4.69, 9.17) is 0 Å². The summed E-state index contributed by atoms with van der Waals surface area (Å²) in [6.45, 7) is 8.70. The molecule has 4 nitrogen and oxygen atoms in total. The molecule has 2 aromatic rings. The second-order valence-electron chi connectivity index (χ2n) is 6.19. The van der Waals surface area contributed by atoms with Crippen LogP contribution in [0.25, 0.3) is 0 Å². The Bertz CT molecular complexity index is 693. The lowest BCUT2D eigenvalue weighted by atomic mass is 10.1. The summed E-state index contributed by atoms with van der Waals surface area (Å²) in [5.74, 6) is 0.471. The molecular weight excluding hydrogens is 327 g/mol. The molecule has 2 N–H and O–H groups in total. The molecule has 0 amide bonds. The van der Waals surface area contributed by atoms with Gasteiger partial charge in [0.2, 0.25) is 0 Å². The highest BCUT2D eigenvalue weighted by Crippen LogP contribution is 2.08. The summed E-state index contributed by atoms with van der Waals surface area (Å²) in [5.41, 5.74) is 3.40. The largest absolute Gasteiger partial charge is 0.352 e. The van der Waals surface area contributed by atoms with E-state index in [2.05, 4.69) is 58.6 Å². The van der Waals surface area contributed by atoms with Crippen molar-refractivity contribution in [2.75, 3.05) is 20.1 Å². The van der Waals surface area contributed by atoms with Gasteiger partial charge >= 0.3 is 0 Å². The van der Waals surface area contributed by atoms with Crippen LogP contribution in [0.15, 0.2) is 53.5 Å². The summed E-state index contributed by atoms with van der Waals surface area (Å²) in [5, 5.41) is 6.49. The average molecular weight is 356 g/mol. The Hall–Kier alpha value is -2.40. The number of benzene rings is 2. The number of guanidine groups is 1. The highest BCUT2D eigenvalue weighted by Gasteiger charge is 2.03. The predicted molar refractivity (Wildman–Crippen MR) is 107 cm³/mol. The van der Waals surface area contributed by atoms with E-state index in [9.17, 15) is 4.39 Å². The van der Waals surface area contributed by atoms with Crippen molar-refractivity contribution in [3.8, 4) is 0 Å². The van der Waals surface area contributed by atoms with Crippen molar-refractivity contribution in [1.29, 1.82) is 0 Å². The van der Waals surface area contributed by atoms with Crippen LogP contribution in [0.3, 0.4) is 0 Å². The van der Waals surface area contributed by atoms with E-state index < -0.39 is 0 Å². The van der Waals surface area contributed by atoms with Crippen LogP contribution in [-0.4, -0.2) is 31.0 Å². The van der Waals surface area contributed by atoms with Crippen molar-refractivity contribution >= 4 is 5.96 Å². The summed E-state index contributed by atoms with van der Waals surface area (Å²) in [4.78, 5) is 6.61. The topological polar surface area (TPSA) is 39.7 Å². The van der Waals surface area contributed by atoms with E-state index in [1.54, 1.807) is 13.1 Å². The van der Waals surface area contributed by atoms with Crippen LogP contribution in [-0.2, 0) is 19.6 Å². The second-order valence-corrected chi connectivity index (χ2v) is 6.19. The molecule has 2 aromatic carbocycles. The molecule has 0 saturated heterocycles. The molecule has 0 spiro atoms. The molecule has 0 aromatic heterocycles. The third-order valence-electron chi connectivity index (χ3n) is 4.36. The smallest absolute Gasteiger partial charge is 0.191 e. The summed E-state index contributed by atoms with van der Waals surface area (Å²) in [6.07, 6.45) is 0. The van der Waals surface area contributed by atoms with Gasteiger partial charge in [0, 0.05) is 26.7 Å².